The molecular formula is C30H35NO5. The number of aliphatic hydroxyl groups excluding tert-OH is 1. The standard InChI is InChI=1S/C30H35NO5/c32-18-3-1-2-10-28(34)36-21-20-35-19-17-31-27(33)9-5-6-22-11-12-25-14-13-23-7-4-8-24-15-16-26(22)30(25)29(23)24/h4,7-8,11-16,32H,1-3,5-6,9-10,17-21H2,(H,31,33). The Morgan fingerprint density at radius 2 is 1.50 bits per heavy atom. The summed E-state index contributed by atoms with van der Waals surface area (Å²) in [6, 6.07) is 19.6. The fraction of sp³-hybridized carbons (Fsp3) is 0.400. The normalized spacial score (nSPS) is 11.5. The minimum Gasteiger partial charge on any atom is -0.463 e. The zero-order valence-electron chi connectivity index (χ0n) is 20.8. The van der Waals surface area contributed by atoms with Crippen molar-refractivity contribution in [1.82, 2.24) is 5.32 Å². The molecule has 0 aliphatic heterocycles. The Morgan fingerprint density at radius 1 is 0.750 bits per heavy atom. The van der Waals surface area contributed by atoms with E-state index in [9.17, 15) is 9.59 Å². The van der Waals surface area contributed by atoms with Crippen molar-refractivity contribution in [2.24, 2.45) is 0 Å². The van der Waals surface area contributed by atoms with Crippen molar-refractivity contribution in [2.75, 3.05) is 33.0 Å². The highest BCUT2D eigenvalue weighted by molar-refractivity contribution is 6.23. The molecule has 0 unspecified atom stereocenters. The van der Waals surface area contributed by atoms with E-state index in [1.807, 2.05) is 0 Å². The van der Waals surface area contributed by atoms with Gasteiger partial charge in [0, 0.05) is 26.0 Å². The van der Waals surface area contributed by atoms with E-state index in [1.54, 1.807) is 0 Å². The minimum atomic E-state index is -0.241. The molecule has 190 valence electrons. The second-order valence-electron chi connectivity index (χ2n) is 9.15. The van der Waals surface area contributed by atoms with E-state index in [2.05, 4.69) is 59.9 Å². The topological polar surface area (TPSA) is 84.9 Å². The first-order chi connectivity index (χ1) is 17.7. The van der Waals surface area contributed by atoms with Crippen molar-refractivity contribution < 1.29 is 24.2 Å². The quantitative estimate of drug-likeness (QED) is 0.137. The largest absolute Gasteiger partial charge is 0.463 e. The van der Waals surface area contributed by atoms with Crippen molar-refractivity contribution in [3.8, 4) is 0 Å². The molecule has 0 fully saturated rings. The van der Waals surface area contributed by atoms with Crippen LogP contribution in [0.5, 0.6) is 0 Å². The molecule has 0 radical (unpaired) electrons. The van der Waals surface area contributed by atoms with Gasteiger partial charge in [0.05, 0.1) is 13.2 Å². The molecule has 0 bridgehead atoms. The molecular weight excluding hydrogens is 454 g/mol. The zero-order chi connectivity index (χ0) is 25.2. The molecule has 0 atom stereocenters. The van der Waals surface area contributed by atoms with E-state index >= 15 is 0 Å². The monoisotopic (exact) mass is 489 g/mol. The number of hydrogen-bond acceptors (Lipinski definition) is 5. The smallest absolute Gasteiger partial charge is 0.305 e. The van der Waals surface area contributed by atoms with Crippen LogP contribution >= 0.6 is 0 Å². The molecule has 2 N–H and O–H groups in total. The number of nitrogens with one attached hydrogen (secondary N) is 1. The van der Waals surface area contributed by atoms with Gasteiger partial charge in [-0.3, -0.25) is 9.59 Å². The summed E-state index contributed by atoms with van der Waals surface area (Å²) in [5.41, 5.74) is 1.28. The summed E-state index contributed by atoms with van der Waals surface area (Å²) in [4.78, 5) is 23.8. The average molecular weight is 490 g/mol. The van der Waals surface area contributed by atoms with Gasteiger partial charge in [0.15, 0.2) is 0 Å². The molecule has 6 nitrogen and oxygen atoms in total. The van der Waals surface area contributed by atoms with Crippen molar-refractivity contribution in [2.45, 2.75) is 44.9 Å². The van der Waals surface area contributed by atoms with Crippen LogP contribution < -0.4 is 5.32 Å². The van der Waals surface area contributed by atoms with Crippen LogP contribution in [0.3, 0.4) is 0 Å². The number of aryl methyl sites for hydroxylation is 1. The molecule has 1 amide bonds. The molecule has 0 aromatic heterocycles. The number of rotatable bonds is 15. The number of unbranched alkanes of at least 4 members (excludes halogenated alkanes) is 2. The highest BCUT2D eigenvalue weighted by Gasteiger charge is 2.11. The molecule has 0 spiro atoms. The molecule has 4 aromatic carbocycles. The Bertz CT molecular complexity index is 1270. The van der Waals surface area contributed by atoms with Crippen LogP contribution in [-0.4, -0.2) is 50.0 Å². The maximum atomic E-state index is 12.2. The van der Waals surface area contributed by atoms with E-state index in [-0.39, 0.29) is 25.1 Å². The second-order valence-corrected chi connectivity index (χ2v) is 9.15. The summed E-state index contributed by atoms with van der Waals surface area (Å²) in [5.74, 6) is -0.222. The van der Waals surface area contributed by atoms with Gasteiger partial charge in [0.2, 0.25) is 5.91 Å². The lowest BCUT2D eigenvalue weighted by Crippen LogP contribution is -2.27. The molecule has 0 saturated carbocycles. The van der Waals surface area contributed by atoms with Crippen LogP contribution in [-0.2, 0) is 25.5 Å². The number of aliphatic hydroxyl groups is 1. The molecule has 0 saturated heterocycles. The van der Waals surface area contributed by atoms with Gasteiger partial charge in [0.25, 0.3) is 0 Å². The number of carbonyl (C=O) groups is 2. The number of benzene rings is 4. The Morgan fingerprint density at radius 3 is 2.31 bits per heavy atom. The van der Waals surface area contributed by atoms with Crippen LogP contribution in [0, 0.1) is 0 Å². The van der Waals surface area contributed by atoms with Gasteiger partial charge < -0.3 is 19.9 Å². The van der Waals surface area contributed by atoms with Crippen molar-refractivity contribution in [3.63, 3.8) is 0 Å². The van der Waals surface area contributed by atoms with Crippen molar-refractivity contribution in [1.29, 1.82) is 0 Å². The number of esters is 1. The van der Waals surface area contributed by atoms with Gasteiger partial charge in [-0.1, -0.05) is 61.0 Å². The van der Waals surface area contributed by atoms with Crippen LogP contribution in [0.4, 0.5) is 0 Å². The summed E-state index contributed by atoms with van der Waals surface area (Å²) >= 11 is 0. The third-order valence-electron chi connectivity index (χ3n) is 6.57. The summed E-state index contributed by atoms with van der Waals surface area (Å²) in [6.07, 6.45) is 4.72. The summed E-state index contributed by atoms with van der Waals surface area (Å²) in [5, 5.41) is 19.3. The predicted octanol–water partition coefficient (Wildman–Crippen LogP) is 5.14. The lowest BCUT2D eigenvalue weighted by molar-refractivity contribution is -0.145. The summed E-state index contributed by atoms with van der Waals surface area (Å²) < 4.78 is 10.5. The van der Waals surface area contributed by atoms with Crippen LogP contribution in [0.1, 0.15) is 44.1 Å². The van der Waals surface area contributed by atoms with Crippen molar-refractivity contribution >= 4 is 44.2 Å². The first-order valence-electron chi connectivity index (χ1n) is 12.9. The van der Waals surface area contributed by atoms with E-state index in [4.69, 9.17) is 14.6 Å². The molecule has 0 aliphatic carbocycles. The molecule has 0 heterocycles. The highest BCUT2D eigenvalue weighted by atomic mass is 16.6. The van der Waals surface area contributed by atoms with Gasteiger partial charge in [-0.2, -0.15) is 0 Å². The average Bonchev–Trinajstić information content (AvgIpc) is 2.90. The summed E-state index contributed by atoms with van der Waals surface area (Å²) in [6.45, 7) is 1.50. The Labute approximate surface area is 211 Å². The molecule has 36 heavy (non-hydrogen) atoms. The minimum absolute atomic E-state index is 0.0191. The lowest BCUT2D eigenvalue weighted by Gasteiger charge is -2.14. The molecule has 6 heteroatoms. The zero-order valence-corrected chi connectivity index (χ0v) is 20.8. The first kappa shape index (κ1) is 25.9. The first-order valence-corrected chi connectivity index (χ1v) is 12.9. The van der Waals surface area contributed by atoms with Gasteiger partial charge in [0.1, 0.15) is 6.61 Å². The maximum Gasteiger partial charge on any atom is 0.305 e. The van der Waals surface area contributed by atoms with E-state index < -0.39 is 0 Å². The summed E-state index contributed by atoms with van der Waals surface area (Å²) in [7, 11) is 0. The Hall–Kier alpha value is -3.22. The van der Waals surface area contributed by atoms with Crippen LogP contribution in [0.25, 0.3) is 32.3 Å². The van der Waals surface area contributed by atoms with E-state index in [0.717, 1.165) is 25.7 Å². The fourth-order valence-corrected chi connectivity index (χ4v) is 4.75. The third kappa shape index (κ3) is 6.71. The fourth-order valence-electron chi connectivity index (χ4n) is 4.75. The van der Waals surface area contributed by atoms with Gasteiger partial charge >= 0.3 is 5.97 Å². The molecule has 4 aromatic rings. The molecule has 4 rings (SSSR count). The predicted molar refractivity (Wildman–Crippen MR) is 143 cm³/mol. The third-order valence-corrected chi connectivity index (χ3v) is 6.57. The lowest BCUT2D eigenvalue weighted by atomic mass is 9.90. The van der Waals surface area contributed by atoms with Gasteiger partial charge in [-0.05, 0) is 63.6 Å². The van der Waals surface area contributed by atoms with Gasteiger partial charge in [-0.15, -0.1) is 0 Å². The Balaban J connectivity index is 1.14. The van der Waals surface area contributed by atoms with Gasteiger partial charge in [-0.25, -0.2) is 0 Å². The van der Waals surface area contributed by atoms with E-state index in [1.165, 1.54) is 37.9 Å². The number of amides is 1. The maximum absolute atomic E-state index is 12.2. The second kappa shape index (κ2) is 13.2. The number of carbonyl (C=O) groups excluding carboxylic acids is 2. The SMILES string of the molecule is O=C(CCCc1ccc2ccc3cccc4ccc1c2c34)NCCOCCOC(=O)CCCCCO. The number of hydrogen-bond donors (Lipinski definition) is 2. The Kier molecular flexibility index (Phi) is 9.47. The van der Waals surface area contributed by atoms with Crippen LogP contribution in [0.2, 0.25) is 0 Å². The van der Waals surface area contributed by atoms with Crippen molar-refractivity contribution in [3.05, 3.63) is 60.2 Å². The highest BCUT2D eigenvalue weighted by Crippen LogP contribution is 2.36. The van der Waals surface area contributed by atoms with E-state index in [0.29, 0.717) is 39.0 Å². The number of ether oxygens (including phenoxy) is 2. The van der Waals surface area contributed by atoms with Crippen LogP contribution in [0.15, 0.2) is 54.6 Å². The molecule has 0 aliphatic rings.